The third kappa shape index (κ3) is 1.67. The highest BCUT2D eigenvalue weighted by atomic mass is 16.5. The Morgan fingerprint density at radius 1 is 1.27 bits per heavy atom. The van der Waals surface area contributed by atoms with E-state index < -0.39 is 0 Å². The van der Waals surface area contributed by atoms with Crippen LogP contribution in [0.25, 0.3) is 0 Å². The number of nitrogens with one attached hydrogen (secondary N) is 2. The molecular weight excluding hydrogens is 194 g/mol. The van der Waals surface area contributed by atoms with Gasteiger partial charge in [0, 0.05) is 25.7 Å². The van der Waals surface area contributed by atoms with Crippen LogP contribution in [0, 0.1) is 0 Å². The number of H-pyrrole nitrogens is 1. The number of ether oxygens (including phenoxy) is 2. The number of hydrogen-bond donors (Lipinski definition) is 2. The van der Waals surface area contributed by atoms with Gasteiger partial charge in [0.15, 0.2) is 11.6 Å². The molecule has 1 saturated heterocycles. The van der Waals surface area contributed by atoms with Crippen LogP contribution in [0.2, 0.25) is 0 Å². The lowest BCUT2D eigenvalue weighted by Gasteiger charge is -2.23. The van der Waals surface area contributed by atoms with Crippen LogP contribution in [-0.4, -0.2) is 36.1 Å². The van der Waals surface area contributed by atoms with E-state index in [2.05, 4.69) is 15.5 Å². The number of nitrogens with zero attached hydrogens (tertiary/aromatic N) is 1. The SMILES string of the molecule is C1CC(Nc2n[nH]c3c2OCC3)CCO1. The molecule has 1 aromatic heterocycles. The van der Waals surface area contributed by atoms with E-state index in [-0.39, 0.29) is 0 Å². The molecule has 0 saturated carbocycles. The van der Waals surface area contributed by atoms with E-state index in [0.29, 0.717) is 6.04 Å². The molecule has 1 aromatic rings. The lowest BCUT2D eigenvalue weighted by atomic mass is 10.1. The van der Waals surface area contributed by atoms with Crippen molar-refractivity contribution in [2.75, 3.05) is 25.1 Å². The van der Waals surface area contributed by atoms with Gasteiger partial charge in [-0.2, -0.15) is 5.10 Å². The smallest absolute Gasteiger partial charge is 0.190 e. The molecule has 0 aromatic carbocycles. The number of rotatable bonds is 2. The van der Waals surface area contributed by atoms with Crippen molar-refractivity contribution in [2.45, 2.75) is 25.3 Å². The maximum atomic E-state index is 5.52. The first-order chi connectivity index (χ1) is 7.43. The summed E-state index contributed by atoms with van der Waals surface area (Å²) in [4.78, 5) is 0. The molecule has 5 nitrogen and oxygen atoms in total. The molecule has 0 unspecified atom stereocenters. The number of hydrogen-bond acceptors (Lipinski definition) is 4. The summed E-state index contributed by atoms with van der Waals surface area (Å²) in [7, 11) is 0. The van der Waals surface area contributed by atoms with Gasteiger partial charge >= 0.3 is 0 Å². The molecule has 15 heavy (non-hydrogen) atoms. The van der Waals surface area contributed by atoms with E-state index in [0.717, 1.165) is 56.3 Å². The first kappa shape index (κ1) is 9.03. The molecule has 0 radical (unpaired) electrons. The quantitative estimate of drug-likeness (QED) is 0.761. The Labute approximate surface area is 88.1 Å². The fraction of sp³-hybridized carbons (Fsp3) is 0.700. The molecule has 0 spiro atoms. The lowest BCUT2D eigenvalue weighted by Crippen LogP contribution is -2.28. The Balaban J connectivity index is 1.70. The fourth-order valence-corrected chi connectivity index (χ4v) is 2.08. The standard InChI is InChI=1S/C10H15N3O2/c1-4-14-5-2-7(1)11-10-9-8(12-13-10)3-6-15-9/h7H,1-6H2,(H2,11,12,13). The van der Waals surface area contributed by atoms with Gasteiger partial charge in [0.2, 0.25) is 0 Å². The summed E-state index contributed by atoms with van der Waals surface area (Å²) in [5.41, 5.74) is 1.12. The topological polar surface area (TPSA) is 59.2 Å². The van der Waals surface area contributed by atoms with Crippen LogP contribution in [0.3, 0.4) is 0 Å². The Morgan fingerprint density at radius 3 is 3.00 bits per heavy atom. The number of aromatic nitrogens is 2. The molecule has 1 fully saturated rings. The zero-order valence-electron chi connectivity index (χ0n) is 8.58. The Hall–Kier alpha value is -1.23. The molecule has 2 aliphatic heterocycles. The third-order valence-corrected chi connectivity index (χ3v) is 2.95. The average molecular weight is 209 g/mol. The van der Waals surface area contributed by atoms with Crippen LogP contribution >= 0.6 is 0 Å². The van der Waals surface area contributed by atoms with Crippen LogP contribution in [0.4, 0.5) is 5.82 Å². The highest BCUT2D eigenvalue weighted by Gasteiger charge is 2.23. The van der Waals surface area contributed by atoms with Gasteiger partial charge < -0.3 is 14.8 Å². The summed E-state index contributed by atoms with van der Waals surface area (Å²) in [5.74, 6) is 1.79. The normalized spacial score (nSPS) is 21.1. The minimum absolute atomic E-state index is 0.468. The predicted octanol–water partition coefficient (Wildman–Crippen LogP) is 0.935. The maximum absolute atomic E-state index is 5.52. The van der Waals surface area contributed by atoms with Crippen molar-refractivity contribution in [3.63, 3.8) is 0 Å². The second-order valence-corrected chi connectivity index (χ2v) is 4.01. The van der Waals surface area contributed by atoms with Gasteiger partial charge in [-0.05, 0) is 12.8 Å². The summed E-state index contributed by atoms with van der Waals surface area (Å²) >= 11 is 0. The molecule has 0 atom stereocenters. The van der Waals surface area contributed by atoms with Crippen molar-refractivity contribution in [2.24, 2.45) is 0 Å². The van der Waals surface area contributed by atoms with Crippen LogP contribution in [0.5, 0.6) is 5.75 Å². The second-order valence-electron chi connectivity index (χ2n) is 4.01. The minimum atomic E-state index is 0.468. The second kappa shape index (κ2) is 3.73. The van der Waals surface area contributed by atoms with Crippen molar-refractivity contribution in [1.82, 2.24) is 10.2 Å². The van der Waals surface area contributed by atoms with E-state index in [4.69, 9.17) is 9.47 Å². The molecule has 0 amide bonds. The van der Waals surface area contributed by atoms with Gasteiger partial charge in [0.1, 0.15) is 0 Å². The Morgan fingerprint density at radius 2 is 2.13 bits per heavy atom. The average Bonchev–Trinajstić information content (AvgIpc) is 2.85. The van der Waals surface area contributed by atoms with Gasteiger partial charge in [-0.1, -0.05) is 0 Å². The van der Waals surface area contributed by atoms with E-state index >= 15 is 0 Å². The lowest BCUT2D eigenvalue weighted by molar-refractivity contribution is 0.0903. The number of aromatic amines is 1. The van der Waals surface area contributed by atoms with Crippen molar-refractivity contribution in [1.29, 1.82) is 0 Å². The van der Waals surface area contributed by atoms with E-state index in [1.807, 2.05) is 0 Å². The molecule has 3 rings (SSSR count). The molecule has 5 heteroatoms. The van der Waals surface area contributed by atoms with E-state index in [9.17, 15) is 0 Å². The largest absolute Gasteiger partial charge is 0.487 e. The van der Waals surface area contributed by atoms with Crippen molar-refractivity contribution >= 4 is 5.82 Å². The molecule has 2 aliphatic rings. The number of anilines is 1. The van der Waals surface area contributed by atoms with Crippen LogP contribution in [0.15, 0.2) is 0 Å². The first-order valence-electron chi connectivity index (χ1n) is 5.48. The maximum Gasteiger partial charge on any atom is 0.190 e. The van der Waals surface area contributed by atoms with Crippen molar-refractivity contribution in [3.05, 3.63) is 5.69 Å². The molecule has 0 bridgehead atoms. The molecular formula is C10H15N3O2. The van der Waals surface area contributed by atoms with Crippen LogP contribution < -0.4 is 10.1 Å². The Bertz CT molecular complexity index is 344. The zero-order valence-corrected chi connectivity index (χ0v) is 8.58. The summed E-state index contributed by atoms with van der Waals surface area (Å²) in [6.07, 6.45) is 3.03. The van der Waals surface area contributed by atoms with E-state index in [1.54, 1.807) is 0 Å². The van der Waals surface area contributed by atoms with Gasteiger partial charge in [-0.25, -0.2) is 0 Å². The summed E-state index contributed by atoms with van der Waals surface area (Å²) in [6.45, 7) is 2.45. The van der Waals surface area contributed by atoms with E-state index in [1.165, 1.54) is 0 Å². The minimum Gasteiger partial charge on any atom is -0.487 e. The summed E-state index contributed by atoms with van der Waals surface area (Å²) in [5, 5.41) is 10.7. The highest BCUT2D eigenvalue weighted by molar-refractivity contribution is 5.54. The van der Waals surface area contributed by atoms with Crippen molar-refractivity contribution < 1.29 is 9.47 Å². The first-order valence-corrected chi connectivity index (χ1v) is 5.48. The van der Waals surface area contributed by atoms with Gasteiger partial charge in [0.25, 0.3) is 0 Å². The van der Waals surface area contributed by atoms with Crippen molar-refractivity contribution in [3.8, 4) is 5.75 Å². The monoisotopic (exact) mass is 209 g/mol. The van der Waals surface area contributed by atoms with Gasteiger partial charge in [-0.15, -0.1) is 0 Å². The Kier molecular flexibility index (Phi) is 2.25. The predicted molar refractivity (Wildman–Crippen MR) is 55.3 cm³/mol. The molecule has 2 N–H and O–H groups in total. The van der Waals surface area contributed by atoms with Gasteiger partial charge in [0.05, 0.1) is 12.3 Å². The third-order valence-electron chi connectivity index (χ3n) is 2.95. The molecule has 0 aliphatic carbocycles. The van der Waals surface area contributed by atoms with Gasteiger partial charge in [-0.3, -0.25) is 5.10 Å². The zero-order chi connectivity index (χ0) is 10.1. The summed E-state index contributed by atoms with van der Waals surface area (Å²) in [6, 6.07) is 0.468. The molecule has 3 heterocycles. The fourth-order valence-electron chi connectivity index (χ4n) is 2.08. The van der Waals surface area contributed by atoms with Crippen LogP contribution in [-0.2, 0) is 11.2 Å². The molecule has 82 valence electrons. The van der Waals surface area contributed by atoms with Crippen LogP contribution in [0.1, 0.15) is 18.5 Å². The highest BCUT2D eigenvalue weighted by Crippen LogP contribution is 2.32. The number of fused-ring (bicyclic) bond motifs is 1. The summed E-state index contributed by atoms with van der Waals surface area (Å²) < 4.78 is 10.8.